The van der Waals surface area contributed by atoms with Crippen LogP contribution in [0.3, 0.4) is 0 Å². The molecule has 106 valence electrons. The lowest BCUT2D eigenvalue weighted by Gasteiger charge is -2.29. The molecule has 3 nitrogen and oxygen atoms in total. The number of hydrogen-bond acceptors (Lipinski definition) is 3. The molecular formula is C14H23NO2P2. The van der Waals surface area contributed by atoms with Crippen molar-refractivity contribution in [3.05, 3.63) is 29.8 Å². The summed E-state index contributed by atoms with van der Waals surface area (Å²) in [5.74, 6) is 1.66. The van der Waals surface area contributed by atoms with Crippen LogP contribution < -0.4 is 4.74 Å². The lowest BCUT2D eigenvalue weighted by atomic mass is 9.90. The molecule has 2 rings (SSSR count). The van der Waals surface area contributed by atoms with E-state index in [1.165, 1.54) is 31.5 Å². The molecule has 1 aromatic rings. The standard InChI is InChI=1S/C14H23NO2P2/c18-15-8-6-13(7-9-15)12-2-4-14(5-3-12)16-10-1-11-17-19/h2-5,13H,1,6-11,18-19H2. The zero-order chi connectivity index (χ0) is 13.5. The Hall–Kier alpha value is -0.200. The first kappa shape index (κ1) is 15.2. The van der Waals surface area contributed by atoms with E-state index in [4.69, 9.17) is 9.26 Å². The van der Waals surface area contributed by atoms with Crippen molar-refractivity contribution in [1.29, 1.82) is 0 Å². The maximum Gasteiger partial charge on any atom is 0.119 e. The zero-order valence-corrected chi connectivity index (χ0v) is 13.6. The quantitative estimate of drug-likeness (QED) is 0.594. The Labute approximate surface area is 120 Å². The third kappa shape index (κ3) is 5.00. The predicted octanol–water partition coefficient (Wildman–Crippen LogP) is 3.23. The molecule has 1 aliphatic rings. The van der Waals surface area contributed by atoms with E-state index in [0.29, 0.717) is 12.5 Å². The van der Waals surface area contributed by atoms with Gasteiger partial charge in [-0.15, -0.1) is 0 Å². The lowest BCUT2D eigenvalue weighted by molar-refractivity contribution is 0.266. The Balaban J connectivity index is 1.81. The molecule has 0 spiro atoms. The van der Waals surface area contributed by atoms with E-state index in [0.717, 1.165) is 18.8 Å². The molecule has 0 amide bonds. The van der Waals surface area contributed by atoms with Crippen LogP contribution in [-0.2, 0) is 4.52 Å². The van der Waals surface area contributed by atoms with Gasteiger partial charge in [-0.05, 0) is 36.5 Å². The monoisotopic (exact) mass is 299 g/mol. The Bertz CT molecular complexity index is 364. The number of rotatable bonds is 6. The van der Waals surface area contributed by atoms with Gasteiger partial charge in [0.25, 0.3) is 0 Å². The number of nitrogens with zero attached hydrogens (tertiary/aromatic N) is 1. The summed E-state index contributed by atoms with van der Waals surface area (Å²) in [5, 5.41) is 0. The molecule has 5 heteroatoms. The third-order valence-corrected chi connectivity index (χ3v) is 4.31. The highest BCUT2D eigenvalue weighted by atomic mass is 31.0. The summed E-state index contributed by atoms with van der Waals surface area (Å²) in [5.41, 5.74) is 1.44. The van der Waals surface area contributed by atoms with Gasteiger partial charge in [-0.3, -0.25) is 4.67 Å². The fourth-order valence-electron chi connectivity index (χ4n) is 2.40. The Morgan fingerprint density at radius 1 is 1.11 bits per heavy atom. The van der Waals surface area contributed by atoms with Crippen molar-refractivity contribution in [3.8, 4) is 5.75 Å². The van der Waals surface area contributed by atoms with Crippen LogP contribution in [0.5, 0.6) is 5.75 Å². The van der Waals surface area contributed by atoms with Crippen LogP contribution in [0.1, 0.15) is 30.7 Å². The van der Waals surface area contributed by atoms with Crippen molar-refractivity contribution in [2.24, 2.45) is 0 Å². The van der Waals surface area contributed by atoms with Crippen LogP contribution in [0, 0.1) is 0 Å². The van der Waals surface area contributed by atoms with Crippen LogP contribution >= 0.6 is 18.9 Å². The van der Waals surface area contributed by atoms with Gasteiger partial charge < -0.3 is 9.26 Å². The van der Waals surface area contributed by atoms with E-state index >= 15 is 0 Å². The first-order chi connectivity index (χ1) is 9.29. The normalized spacial score (nSPS) is 17.6. The molecule has 2 unspecified atom stereocenters. The van der Waals surface area contributed by atoms with Crippen molar-refractivity contribution in [1.82, 2.24) is 4.67 Å². The van der Waals surface area contributed by atoms with Crippen molar-refractivity contribution in [2.75, 3.05) is 26.3 Å². The molecule has 1 aliphatic heterocycles. The smallest absolute Gasteiger partial charge is 0.119 e. The van der Waals surface area contributed by atoms with Crippen molar-refractivity contribution in [2.45, 2.75) is 25.2 Å². The largest absolute Gasteiger partial charge is 0.494 e. The van der Waals surface area contributed by atoms with Gasteiger partial charge >= 0.3 is 0 Å². The van der Waals surface area contributed by atoms with Crippen LogP contribution in [0.15, 0.2) is 24.3 Å². The summed E-state index contributed by atoms with van der Waals surface area (Å²) in [4.78, 5) is 0. The number of piperidine rings is 1. The first-order valence-corrected chi connectivity index (χ1v) is 7.82. The summed E-state index contributed by atoms with van der Waals surface area (Å²) in [6.07, 6.45) is 3.41. The molecule has 19 heavy (non-hydrogen) atoms. The second kappa shape index (κ2) is 8.17. The van der Waals surface area contributed by atoms with Crippen LogP contribution in [-0.4, -0.2) is 31.0 Å². The fourth-order valence-corrected chi connectivity index (χ4v) is 2.87. The Kier molecular flexibility index (Phi) is 6.53. The second-order valence-electron chi connectivity index (χ2n) is 4.95. The van der Waals surface area contributed by atoms with Gasteiger partial charge in [0.2, 0.25) is 0 Å². The highest BCUT2D eigenvalue weighted by Gasteiger charge is 2.18. The molecule has 1 aromatic carbocycles. The number of benzene rings is 1. The minimum absolute atomic E-state index is 0.705. The van der Waals surface area contributed by atoms with Crippen LogP contribution in [0.4, 0.5) is 0 Å². The molecule has 1 saturated heterocycles. The molecule has 1 fully saturated rings. The minimum Gasteiger partial charge on any atom is -0.494 e. The summed E-state index contributed by atoms with van der Waals surface area (Å²) in [6.45, 7) is 3.76. The van der Waals surface area contributed by atoms with Gasteiger partial charge in [0.15, 0.2) is 0 Å². The van der Waals surface area contributed by atoms with E-state index in [9.17, 15) is 0 Å². The van der Waals surface area contributed by atoms with Gasteiger partial charge in [0.05, 0.1) is 13.2 Å². The molecular weight excluding hydrogens is 276 g/mol. The maximum absolute atomic E-state index is 5.67. The molecule has 0 aliphatic carbocycles. The number of hydrogen-bond donors (Lipinski definition) is 0. The van der Waals surface area contributed by atoms with Gasteiger partial charge in [0, 0.05) is 29.0 Å². The van der Waals surface area contributed by atoms with Gasteiger partial charge in [-0.1, -0.05) is 21.5 Å². The highest BCUT2D eigenvalue weighted by molar-refractivity contribution is 7.13. The topological polar surface area (TPSA) is 21.7 Å². The third-order valence-electron chi connectivity index (χ3n) is 3.56. The first-order valence-electron chi connectivity index (χ1n) is 6.83. The van der Waals surface area contributed by atoms with E-state index < -0.39 is 0 Å². The SMILES string of the molecule is POCCCOc1ccc(C2CCN(P)CC2)cc1. The van der Waals surface area contributed by atoms with E-state index in [-0.39, 0.29) is 0 Å². The lowest BCUT2D eigenvalue weighted by Crippen LogP contribution is -2.24. The van der Waals surface area contributed by atoms with Gasteiger partial charge in [-0.2, -0.15) is 0 Å². The average Bonchev–Trinajstić information content (AvgIpc) is 2.45. The fraction of sp³-hybridized carbons (Fsp3) is 0.571. The van der Waals surface area contributed by atoms with E-state index in [1.807, 2.05) is 0 Å². The molecule has 0 aromatic heterocycles. The van der Waals surface area contributed by atoms with Crippen LogP contribution in [0.2, 0.25) is 0 Å². The van der Waals surface area contributed by atoms with E-state index in [1.54, 1.807) is 0 Å². The predicted molar refractivity (Wildman–Crippen MR) is 85.5 cm³/mol. The summed E-state index contributed by atoms with van der Waals surface area (Å²) >= 11 is 0. The Morgan fingerprint density at radius 2 is 1.79 bits per heavy atom. The summed E-state index contributed by atoms with van der Waals surface area (Å²) in [6, 6.07) is 8.60. The summed E-state index contributed by atoms with van der Waals surface area (Å²) < 4.78 is 12.9. The molecule has 0 saturated carbocycles. The second-order valence-corrected chi connectivity index (χ2v) is 6.02. The molecule has 2 atom stereocenters. The van der Waals surface area contributed by atoms with Crippen LogP contribution in [0.25, 0.3) is 0 Å². The maximum atomic E-state index is 5.67. The highest BCUT2D eigenvalue weighted by Crippen LogP contribution is 2.30. The average molecular weight is 299 g/mol. The minimum atomic E-state index is 0.705. The molecule has 0 N–H and O–H groups in total. The van der Waals surface area contributed by atoms with Crippen molar-refractivity contribution in [3.63, 3.8) is 0 Å². The van der Waals surface area contributed by atoms with Crippen molar-refractivity contribution >= 4 is 18.9 Å². The summed E-state index contributed by atoms with van der Waals surface area (Å²) in [7, 11) is 5.05. The zero-order valence-electron chi connectivity index (χ0n) is 11.3. The molecule has 0 radical (unpaired) electrons. The van der Waals surface area contributed by atoms with Crippen molar-refractivity contribution < 1.29 is 9.26 Å². The van der Waals surface area contributed by atoms with Gasteiger partial charge in [0.1, 0.15) is 5.75 Å². The molecule has 0 bridgehead atoms. The van der Waals surface area contributed by atoms with Gasteiger partial charge in [-0.25, -0.2) is 0 Å². The number of ether oxygens (including phenoxy) is 1. The van der Waals surface area contributed by atoms with E-state index in [2.05, 4.69) is 47.8 Å². The Morgan fingerprint density at radius 3 is 2.42 bits per heavy atom. The molecule has 1 heterocycles.